The van der Waals surface area contributed by atoms with Crippen molar-refractivity contribution in [1.82, 2.24) is 9.88 Å². The minimum absolute atomic E-state index is 0. The predicted octanol–water partition coefficient (Wildman–Crippen LogP) is 5.25. The summed E-state index contributed by atoms with van der Waals surface area (Å²) in [5.74, 6) is 0.0248. The molecule has 0 saturated carbocycles. The third-order valence-electron chi connectivity index (χ3n) is 5.39. The number of morpholine rings is 1. The number of amides is 1. The van der Waals surface area contributed by atoms with Crippen molar-refractivity contribution < 1.29 is 9.53 Å². The van der Waals surface area contributed by atoms with E-state index in [0.717, 1.165) is 70.2 Å². The van der Waals surface area contributed by atoms with E-state index in [1.54, 1.807) is 11.3 Å². The van der Waals surface area contributed by atoms with Crippen molar-refractivity contribution in [2.24, 2.45) is 0 Å². The summed E-state index contributed by atoms with van der Waals surface area (Å²) in [5, 5.41) is 0.782. The van der Waals surface area contributed by atoms with Crippen molar-refractivity contribution in [2.75, 3.05) is 44.3 Å². The molecule has 0 bridgehead atoms. The topological polar surface area (TPSA) is 45.7 Å². The summed E-state index contributed by atoms with van der Waals surface area (Å²) in [6.45, 7) is 7.29. The number of fused-ring (bicyclic) bond motifs is 1. The van der Waals surface area contributed by atoms with Gasteiger partial charge >= 0.3 is 0 Å². The number of ether oxygens (including phenoxy) is 1. The standard InChI is InChI=1S/C23H26IN3O2S.ClH/c1-2-17-8-9-20-21(16-17)30-23(25-20)27(11-5-10-26-12-14-29-15-13-26)22(28)18-6-3-4-7-19(18)24;/h3-4,6-9,16H,2,5,10-15H2,1H3;1H. The number of halogens is 2. The molecule has 4 rings (SSSR count). The maximum Gasteiger partial charge on any atom is 0.261 e. The van der Waals surface area contributed by atoms with Crippen molar-refractivity contribution in [3.05, 3.63) is 57.2 Å². The van der Waals surface area contributed by atoms with Crippen LogP contribution in [0.5, 0.6) is 0 Å². The second-order valence-corrected chi connectivity index (χ2v) is 9.57. The first-order valence-corrected chi connectivity index (χ1v) is 12.3. The summed E-state index contributed by atoms with van der Waals surface area (Å²) in [6, 6.07) is 14.2. The van der Waals surface area contributed by atoms with Crippen LogP contribution in [-0.4, -0.2) is 55.2 Å². The highest BCUT2D eigenvalue weighted by molar-refractivity contribution is 14.1. The summed E-state index contributed by atoms with van der Waals surface area (Å²) in [5.41, 5.74) is 2.99. The lowest BCUT2D eigenvalue weighted by Crippen LogP contribution is -2.39. The van der Waals surface area contributed by atoms with E-state index in [1.165, 1.54) is 5.56 Å². The Kier molecular flexibility index (Phi) is 9.09. The van der Waals surface area contributed by atoms with E-state index in [9.17, 15) is 4.79 Å². The first-order chi connectivity index (χ1) is 14.7. The third-order valence-corrected chi connectivity index (χ3v) is 7.37. The zero-order chi connectivity index (χ0) is 20.9. The Morgan fingerprint density at radius 2 is 2.00 bits per heavy atom. The van der Waals surface area contributed by atoms with Crippen LogP contribution in [0, 0.1) is 3.57 Å². The van der Waals surface area contributed by atoms with Gasteiger partial charge in [-0.2, -0.15) is 0 Å². The smallest absolute Gasteiger partial charge is 0.261 e. The number of aromatic nitrogens is 1. The molecule has 0 aliphatic carbocycles. The molecule has 2 heterocycles. The van der Waals surface area contributed by atoms with Gasteiger partial charge in [0, 0.05) is 29.7 Å². The van der Waals surface area contributed by atoms with Crippen LogP contribution in [0.15, 0.2) is 42.5 Å². The van der Waals surface area contributed by atoms with Crippen LogP contribution in [0.25, 0.3) is 10.2 Å². The molecule has 1 aliphatic heterocycles. The van der Waals surface area contributed by atoms with Crippen LogP contribution in [0.4, 0.5) is 5.13 Å². The summed E-state index contributed by atoms with van der Waals surface area (Å²) in [7, 11) is 0. The second kappa shape index (κ2) is 11.6. The van der Waals surface area contributed by atoms with E-state index in [1.807, 2.05) is 29.2 Å². The molecule has 0 unspecified atom stereocenters. The molecule has 1 amide bonds. The summed E-state index contributed by atoms with van der Waals surface area (Å²) in [4.78, 5) is 22.6. The van der Waals surface area contributed by atoms with Crippen molar-refractivity contribution in [2.45, 2.75) is 19.8 Å². The van der Waals surface area contributed by atoms with Gasteiger partial charge in [0.15, 0.2) is 5.13 Å². The van der Waals surface area contributed by atoms with Crippen molar-refractivity contribution >= 4 is 67.6 Å². The van der Waals surface area contributed by atoms with Gasteiger partial charge in [0.25, 0.3) is 5.91 Å². The van der Waals surface area contributed by atoms with Crippen molar-refractivity contribution in [1.29, 1.82) is 0 Å². The Morgan fingerprint density at radius 3 is 2.74 bits per heavy atom. The number of hydrogen-bond acceptors (Lipinski definition) is 5. The summed E-state index contributed by atoms with van der Waals surface area (Å²) in [6.07, 6.45) is 1.90. The average molecular weight is 572 g/mol. The third kappa shape index (κ3) is 5.96. The SMILES string of the molecule is CCc1ccc2nc(N(CCCN3CCOCC3)C(=O)c3ccccc3I)sc2c1.Cl. The molecule has 1 saturated heterocycles. The summed E-state index contributed by atoms with van der Waals surface area (Å²) >= 11 is 3.85. The number of aryl methyl sites for hydroxylation is 1. The van der Waals surface area contributed by atoms with Crippen LogP contribution >= 0.6 is 46.3 Å². The minimum Gasteiger partial charge on any atom is -0.379 e. The van der Waals surface area contributed by atoms with E-state index in [-0.39, 0.29) is 18.3 Å². The van der Waals surface area contributed by atoms with E-state index in [4.69, 9.17) is 9.72 Å². The van der Waals surface area contributed by atoms with Gasteiger partial charge < -0.3 is 4.74 Å². The number of rotatable bonds is 7. The molecule has 1 aliphatic rings. The average Bonchev–Trinajstić information content (AvgIpc) is 3.20. The molecular weight excluding hydrogens is 545 g/mol. The Morgan fingerprint density at radius 1 is 1.23 bits per heavy atom. The number of anilines is 1. The van der Waals surface area contributed by atoms with Gasteiger partial charge in [0.1, 0.15) is 0 Å². The molecule has 2 aromatic carbocycles. The van der Waals surface area contributed by atoms with Gasteiger partial charge in [-0.1, -0.05) is 36.5 Å². The normalized spacial score (nSPS) is 14.4. The molecule has 31 heavy (non-hydrogen) atoms. The van der Waals surface area contributed by atoms with Crippen LogP contribution in [0.2, 0.25) is 0 Å². The predicted molar refractivity (Wildman–Crippen MR) is 139 cm³/mol. The quantitative estimate of drug-likeness (QED) is 0.363. The Labute approximate surface area is 207 Å². The van der Waals surface area contributed by atoms with Crippen LogP contribution < -0.4 is 4.90 Å². The first kappa shape index (κ1) is 24.4. The van der Waals surface area contributed by atoms with Gasteiger partial charge in [-0.15, -0.1) is 12.4 Å². The highest BCUT2D eigenvalue weighted by atomic mass is 127. The molecule has 166 valence electrons. The minimum atomic E-state index is 0. The molecule has 3 aromatic rings. The fraction of sp³-hybridized carbons (Fsp3) is 0.391. The van der Waals surface area contributed by atoms with Crippen LogP contribution in [0.3, 0.4) is 0 Å². The van der Waals surface area contributed by atoms with E-state index in [0.29, 0.717) is 6.54 Å². The zero-order valence-electron chi connectivity index (χ0n) is 17.6. The lowest BCUT2D eigenvalue weighted by molar-refractivity contribution is 0.0376. The van der Waals surface area contributed by atoms with Gasteiger partial charge in [0.2, 0.25) is 0 Å². The molecule has 0 radical (unpaired) electrons. The molecule has 0 atom stereocenters. The maximum absolute atomic E-state index is 13.5. The molecular formula is C23H27ClIN3O2S. The van der Waals surface area contributed by atoms with Crippen LogP contribution in [0.1, 0.15) is 29.3 Å². The zero-order valence-corrected chi connectivity index (χ0v) is 21.3. The number of benzene rings is 2. The maximum atomic E-state index is 13.5. The Bertz CT molecular complexity index is 1020. The Balaban J connectivity index is 0.00000272. The molecule has 8 heteroatoms. The molecule has 0 spiro atoms. The van der Waals surface area contributed by atoms with Gasteiger partial charge in [0.05, 0.1) is 29.0 Å². The van der Waals surface area contributed by atoms with E-state index >= 15 is 0 Å². The first-order valence-electron chi connectivity index (χ1n) is 10.4. The highest BCUT2D eigenvalue weighted by Gasteiger charge is 2.23. The Hall–Kier alpha value is -1.26. The molecule has 1 fully saturated rings. The molecule has 5 nitrogen and oxygen atoms in total. The fourth-order valence-corrected chi connectivity index (χ4v) is 5.31. The monoisotopic (exact) mass is 571 g/mol. The molecule has 0 N–H and O–H groups in total. The lowest BCUT2D eigenvalue weighted by atomic mass is 10.2. The van der Waals surface area contributed by atoms with Crippen molar-refractivity contribution in [3.63, 3.8) is 0 Å². The second-order valence-electron chi connectivity index (χ2n) is 7.40. The summed E-state index contributed by atoms with van der Waals surface area (Å²) < 4.78 is 7.55. The van der Waals surface area contributed by atoms with Gasteiger partial charge in [-0.25, -0.2) is 4.98 Å². The number of carbonyl (C=O) groups is 1. The van der Waals surface area contributed by atoms with Gasteiger partial charge in [-0.3, -0.25) is 14.6 Å². The molecule has 1 aromatic heterocycles. The number of nitrogens with zero attached hydrogens (tertiary/aromatic N) is 3. The highest BCUT2D eigenvalue weighted by Crippen LogP contribution is 2.31. The fourth-order valence-electron chi connectivity index (χ4n) is 3.63. The number of hydrogen-bond donors (Lipinski definition) is 0. The van der Waals surface area contributed by atoms with Crippen LogP contribution in [-0.2, 0) is 11.2 Å². The van der Waals surface area contributed by atoms with E-state index < -0.39 is 0 Å². The number of carbonyl (C=O) groups excluding carboxylic acids is 1. The van der Waals surface area contributed by atoms with Crippen molar-refractivity contribution in [3.8, 4) is 0 Å². The largest absolute Gasteiger partial charge is 0.379 e. The van der Waals surface area contributed by atoms with Gasteiger partial charge in [-0.05, 0) is 65.3 Å². The number of thiazole rings is 1. The lowest BCUT2D eigenvalue weighted by Gasteiger charge is -2.27. The van der Waals surface area contributed by atoms with E-state index in [2.05, 4.69) is 52.6 Å².